The maximum atomic E-state index is 13.4. The lowest BCUT2D eigenvalue weighted by molar-refractivity contribution is 0.0535. The van der Waals surface area contributed by atoms with Crippen LogP contribution >= 0.6 is 47.8 Å². The number of thiophene rings is 1. The molecule has 4 rings (SSSR count). The van der Waals surface area contributed by atoms with Crippen molar-refractivity contribution in [3.05, 3.63) is 52.4 Å². The average molecular weight is 473 g/mol. The zero-order chi connectivity index (χ0) is 19.2. The Bertz CT molecular complexity index is 1020. The van der Waals surface area contributed by atoms with Gasteiger partial charge in [0.2, 0.25) is 0 Å². The molecular weight excluding hydrogens is 449 g/mol. The first-order valence-corrected chi connectivity index (χ1v) is 10.2. The molecule has 8 heteroatoms. The Labute approximate surface area is 192 Å². The lowest BCUT2D eigenvalue weighted by atomic mass is 9.79. The van der Waals surface area contributed by atoms with Crippen LogP contribution in [0.2, 0.25) is 4.34 Å². The Morgan fingerprint density at radius 1 is 1.24 bits per heavy atom. The quantitative estimate of drug-likeness (QED) is 0.523. The molecule has 2 aromatic heterocycles. The summed E-state index contributed by atoms with van der Waals surface area (Å²) in [6, 6.07) is 13.6. The SMILES string of the molecule is CC1(C)CN(C(=O)c2cc(-c3ccc(Cl)s3)nc3ccccc23)CCC1N.Cl.Cl. The van der Waals surface area contributed by atoms with Crippen molar-refractivity contribution < 1.29 is 4.79 Å². The number of carbonyl (C=O) groups excluding carboxylic acids is 1. The van der Waals surface area contributed by atoms with Crippen LogP contribution in [0.5, 0.6) is 0 Å². The Hall–Kier alpha value is -1.37. The largest absolute Gasteiger partial charge is 0.338 e. The number of fused-ring (bicyclic) bond motifs is 1. The highest BCUT2D eigenvalue weighted by atomic mass is 35.5. The van der Waals surface area contributed by atoms with Crippen molar-refractivity contribution in [3.63, 3.8) is 0 Å². The molecule has 156 valence electrons. The highest BCUT2D eigenvalue weighted by Gasteiger charge is 2.36. The number of amides is 1. The maximum Gasteiger partial charge on any atom is 0.254 e. The summed E-state index contributed by atoms with van der Waals surface area (Å²) in [7, 11) is 0. The number of hydrogen-bond acceptors (Lipinski definition) is 4. The van der Waals surface area contributed by atoms with Gasteiger partial charge in [-0.05, 0) is 36.1 Å². The number of benzene rings is 1. The second-order valence-electron chi connectivity index (χ2n) is 7.79. The molecule has 4 nitrogen and oxygen atoms in total. The van der Waals surface area contributed by atoms with Gasteiger partial charge >= 0.3 is 0 Å². The molecule has 0 aliphatic carbocycles. The van der Waals surface area contributed by atoms with Crippen LogP contribution in [-0.2, 0) is 0 Å². The second kappa shape index (κ2) is 9.19. The van der Waals surface area contributed by atoms with Gasteiger partial charge in [-0.15, -0.1) is 36.2 Å². The van der Waals surface area contributed by atoms with Crippen molar-refractivity contribution in [2.75, 3.05) is 13.1 Å². The summed E-state index contributed by atoms with van der Waals surface area (Å²) in [6.07, 6.45) is 0.815. The van der Waals surface area contributed by atoms with Crippen LogP contribution in [0.15, 0.2) is 42.5 Å². The Morgan fingerprint density at radius 3 is 2.62 bits per heavy atom. The first kappa shape index (κ1) is 23.9. The lowest BCUT2D eigenvalue weighted by Crippen LogP contribution is -2.54. The normalized spacial score (nSPS) is 18.1. The van der Waals surface area contributed by atoms with Gasteiger partial charge in [-0.2, -0.15) is 0 Å². The molecule has 2 N–H and O–H groups in total. The zero-order valence-corrected chi connectivity index (χ0v) is 19.4. The Balaban J connectivity index is 0.00000150. The maximum absolute atomic E-state index is 13.4. The Kier molecular flexibility index (Phi) is 7.57. The first-order valence-electron chi connectivity index (χ1n) is 9.05. The highest BCUT2D eigenvalue weighted by Crippen LogP contribution is 2.34. The van der Waals surface area contributed by atoms with Crippen LogP contribution in [0.3, 0.4) is 0 Å². The van der Waals surface area contributed by atoms with E-state index in [0.29, 0.717) is 23.0 Å². The summed E-state index contributed by atoms with van der Waals surface area (Å²) in [4.78, 5) is 21.1. The minimum absolute atomic E-state index is 0. The van der Waals surface area contributed by atoms with E-state index in [1.54, 1.807) is 0 Å². The number of halogens is 3. The van der Waals surface area contributed by atoms with Crippen LogP contribution in [0.4, 0.5) is 0 Å². The molecule has 1 unspecified atom stereocenters. The second-order valence-corrected chi connectivity index (χ2v) is 9.50. The van der Waals surface area contributed by atoms with E-state index in [0.717, 1.165) is 27.9 Å². The van der Waals surface area contributed by atoms with Gasteiger partial charge in [-0.25, -0.2) is 4.98 Å². The van der Waals surface area contributed by atoms with E-state index in [4.69, 9.17) is 22.3 Å². The number of para-hydroxylation sites is 1. The van der Waals surface area contributed by atoms with Crippen LogP contribution in [-0.4, -0.2) is 34.9 Å². The van der Waals surface area contributed by atoms with Gasteiger partial charge in [-0.1, -0.05) is 43.6 Å². The topological polar surface area (TPSA) is 59.2 Å². The molecule has 1 atom stereocenters. The molecule has 0 saturated carbocycles. The number of nitrogens with zero attached hydrogens (tertiary/aromatic N) is 2. The molecular formula is C21H24Cl3N3OS. The number of rotatable bonds is 2. The summed E-state index contributed by atoms with van der Waals surface area (Å²) in [5.41, 5.74) is 8.43. The average Bonchev–Trinajstić information content (AvgIpc) is 3.09. The van der Waals surface area contributed by atoms with Gasteiger partial charge < -0.3 is 10.6 Å². The molecule has 3 heterocycles. The van der Waals surface area contributed by atoms with E-state index in [2.05, 4.69) is 13.8 Å². The molecule has 0 radical (unpaired) electrons. The molecule has 3 aromatic rings. The number of piperidine rings is 1. The van der Waals surface area contributed by atoms with Crippen LogP contribution in [0, 0.1) is 5.41 Å². The highest BCUT2D eigenvalue weighted by molar-refractivity contribution is 7.19. The van der Waals surface area contributed by atoms with Crippen molar-refractivity contribution in [1.29, 1.82) is 0 Å². The minimum Gasteiger partial charge on any atom is -0.338 e. The summed E-state index contributed by atoms with van der Waals surface area (Å²) in [5, 5.41) is 0.876. The van der Waals surface area contributed by atoms with Crippen molar-refractivity contribution in [1.82, 2.24) is 9.88 Å². The lowest BCUT2D eigenvalue weighted by Gasteiger charge is -2.42. The van der Waals surface area contributed by atoms with Gasteiger partial charge in [0.15, 0.2) is 0 Å². The van der Waals surface area contributed by atoms with Crippen molar-refractivity contribution >= 4 is 64.6 Å². The third-order valence-corrected chi connectivity index (χ3v) is 6.63. The summed E-state index contributed by atoms with van der Waals surface area (Å²) >= 11 is 7.57. The fourth-order valence-electron chi connectivity index (χ4n) is 3.65. The fourth-order valence-corrected chi connectivity index (χ4v) is 4.65. The van der Waals surface area contributed by atoms with Gasteiger partial charge in [0.1, 0.15) is 0 Å². The van der Waals surface area contributed by atoms with Gasteiger partial charge in [0.25, 0.3) is 5.91 Å². The summed E-state index contributed by atoms with van der Waals surface area (Å²) < 4.78 is 0.708. The van der Waals surface area contributed by atoms with Gasteiger partial charge in [0, 0.05) is 24.5 Å². The summed E-state index contributed by atoms with van der Waals surface area (Å²) in [5.74, 6) is 0.0393. The van der Waals surface area contributed by atoms with E-state index in [-0.39, 0.29) is 42.2 Å². The van der Waals surface area contributed by atoms with E-state index < -0.39 is 0 Å². The number of aromatic nitrogens is 1. The predicted octanol–water partition coefficient (Wildman–Crippen LogP) is 5.66. The molecule has 1 aromatic carbocycles. The number of nitrogens with two attached hydrogens (primary N) is 1. The smallest absolute Gasteiger partial charge is 0.254 e. The third kappa shape index (κ3) is 4.70. The monoisotopic (exact) mass is 471 g/mol. The molecule has 1 saturated heterocycles. The molecule has 0 bridgehead atoms. The molecule has 1 fully saturated rings. The van der Waals surface area contributed by atoms with Crippen molar-refractivity contribution in [2.45, 2.75) is 26.3 Å². The minimum atomic E-state index is -0.0964. The first-order chi connectivity index (χ1) is 12.8. The molecule has 1 amide bonds. The van der Waals surface area contributed by atoms with E-state index in [9.17, 15) is 4.79 Å². The number of carbonyl (C=O) groups is 1. The van der Waals surface area contributed by atoms with Crippen LogP contribution in [0.1, 0.15) is 30.6 Å². The number of hydrogen-bond donors (Lipinski definition) is 1. The molecule has 29 heavy (non-hydrogen) atoms. The van der Waals surface area contributed by atoms with E-state index >= 15 is 0 Å². The molecule has 0 spiro atoms. The van der Waals surface area contributed by atoms with E-state index in [1.165, 1.54) is 11.3 Å². The van der Waals surface area contributed by atoms with E-state index in [1.807, 2.05) is 47.4 Å². The predicted molar refractivity (Wildman–Crippen MR) is 127 cm³/mol. The molecule has 1 aliphatic rings. The molecule has 1 aliphatic heterocycles. The van der Waals surface area contributed by atoms with Crippen molar-refractivity contribution in [2.24, 2.45) is 11.1 Å². The number of pyridine rings is 1. The third-order valence-electron chi connectivity index (χ3n) is 5.37. The standard InChI is InChI=1S/C21H22ClN3OS.2ClH/c1-21(2)12-25(10-9-18(21)23)20(26)14-11-16(17-7-8-19(22)27-17)24-15-6-4-3-5-13(14)15;;/h3-8,11,18H,9-10,12,23H2,1-2H3;2*1H. The van der Waals surface area contributed by atoms with Crippen LogP contribution < -0.4 is 5.73 Å². The zero-order valence-electron chi connectivity index (χ0n) is 16.2. The van der Waals surface area contributed by atoms with Crippen LogP contribution in [0.25, 0.3) is 21.5 Å². The number of likely N-dealkylation sites (tertiary alicyclic amines) is 1. The van der Waals surface area contributed by atoms with Gasteiger partial charge in [-0.3, -0.25) is 4.79 Å². The van der Waals surface area contributed by atoms with Crippen molar-refractivity contribution in [3.8, 4) is 10.6 Å². The van der Waals surface area contributed by atoms with Gasteiger partial charge in [0.05, 0.1) is 26.0 Å². The Morgan fingerprint density at radius 2 is 1.97 bits per heavy atom. The summed E-state index contributed by atoms with van der Waals surface area (Å²) in [6.45, 7) is 5.59. The fraction of sp³-hybridized carbons (Fsp3) is 0.333.